The highest BCUT2D eigenvalue weighted by Gasteiger charge is 2.59. The number of ether oxygens (including phenoxy) is 1. The summed E-state index contributed by atoms with van der Waals surface area (Å²) in [6.45, 7) is 2.03. The van der Waals surface area contributed by atoms with Crippen molar-refractivity contribution in [1.82, 2.24) is 29.9 Å². The van der Waals surface area contributed by atoms with Crippen LogP contribution in [0, 0.1) is 5.92 Å². The topological polar surface area (TPSA) is 89.3 Å². The number of methoxy groups -OCH3 is 1. The standard InChI is InChI=1S/C21H25N7O/c1-29-17-7-18-24-12-16(28(18)27-19(17)21-8-13(9-21)10-21)15-4-6-23-20(26-15)25-14-3-2-5-22-11-14/h4,6-7,12-14,22H,2-3,5,8-11H2,1H3,(H,23,25,26)/t13?,14-,21?/m1/s1. The summed E-state index contributed by atoms with van der Waals surface area (Å²) in [5, 5.41) is 11.9. The third kappa shape index (κ3) is 2.69. The van der Waals surface area contributed by atoms with Gasteiger partial charge in [-0.1, -0.05) is 0 Å². The van der Waals surface area contributed by atoms with E-state index in [-0.39, 0.29) is 5.41 Å². The van der Waals surface area contributed by atoms with E-state index >= 15 is 0 Å². The number of hydrogen-bond acceptors (Lipinski definition) is 7. The maximum absolute atomic E-state index is 5.66. The van der Waals surface area contributed by atoms with E-state index in [1.54, 1.807) is 13.3 Å². The number of hydrogen-bond donors (Lipinski definition) is 2. The van der Waals surface area contributed by atoms with Crippen molar-refractivity contribution in [1.29, 1.82) is 0 Å². The third-order valence-electron chi connectivity index (χ3n) is 6.77. The van der Waals surface area contributed by atoms with Crippen LogP contribution in [0.5, 0.6) is 5.75 Å². The molecule has 1 aliphatic heterocycles. The van der Waals surface area contributed by atoms with Gasteiger partial charge in [-0.3, -0.25) is 0 Å². The van der Waals surface area contributed by atoms with Gasteiger partial charge in [-0.15, -0.1) is 0 Å². The molecule has 1 atom stereocenters. The van der Waals surface area contributed by atoms with E-state index in [4.69, 9.17) is 14.8 Å². The zero-order valence-electron chi connectivity index (χ0n) is 16.6. The second-order valence-electron chi connectivity index (χ2n) is 8.69. The molecule has 4 fully saturated rings. The monoisotopic (exact) mass is 391 g/mol. The summed E-state index contributed by atoms with van der Waals surface area (Å²) in [4.78, 5) is 13.7. The van der Waals surface area contributed by atoms with E-state index in [1.807, 2.05) is 22.8 Å². The lowest BCUT2D eigenvalue weighted by Crippen LogP contribution is -2.56. The zero-order chi connectivity index (χ0) is 19.4. The van der Waals surface area contributed by atoms with Crippen LogP contribution in [-0.2, 0) is 5.41 Å². The van der Waals surface area contributed by atoms with E-state index in [0.717, 1.165) is 53.9 Å². The van der Waals surface area contributed by atoms with Gasteiger partial charge in [-0.05, 0) is 50.6 Å². The molecule has 3 aliphatic carbocycles. The number of aromatic nitrogens is 5. The van der Waals surface area contributed by atoms with Crippen LogP contribution < -0.4 is 15.4 Å². The van der Waals surface area contributed by atoms with Gasteiger partial charge in [-0.2, -0.15) is 5.10 Å². The van der Waals surface area contributed by atoms with Gasteiger partial charge in [0.2, 0.25) is 5.95 Å². The minimum Gasteiger partial charge on any atom is -0.495 e. The third-order valence-corrected chi connectivity index (χ3v) is 6.77. The second kappa shape index (κ2) is 6.38. The molecule has 1 saturated heterocycles. The Kier molecular flexibility index (Phi) is 3.77. The van der Waals surface area contributed by atoms with Crippen LogP contribution >= 0.6 is 0 Å². The first kappa shape index (κ1) is 17.1. The van der Waals surface area contributed by atoms with Crippen LogP contribution in [0.25, 0.3) is 17.0 Å². The van der Waals surface area contributed by atoms with Crippen LogP contribution in [0.1, 0.15) is 37.8 Å². The van der Waals surface area contributed by atoms with Crippen LogP contribution in [-0.4, -0.2) is 50.8 Å². The van der Waals surface area contributed by atoms with E-state index in [0.29, 0.717) is 12.0 Å². The summed E-state index contributed by atoms with van der Waals surface area (Å²) in [7, 11) is 1.72. The van der Waals surface area contributed by atoms with Crippen molar-refractivity contribution in [2.75, 3.05) is 25.5 Å². The fourth-order valence-corrected chi connectivity index (χ4v) is 5.09. The Morgan fingerprint density at radius 1 is 1.28 bits per heavy atom. The van der Waals surface area contributed by atoms with E-state index < -0.39 is 0 Å². The molecule has 3 aromatic rings. The Balaban J connectivity index is 1.37. The van der Waals surface area contributed by atoms with Gasteiger partial charge in [0.05, 0.1) is 19.0 Å². The summed E-state index contributed by atoms with van der Waals surface area (Å²) in [5.41, 5.74) is 3.74. The largest absolute Gasteiger partial charge is 0.495 e. The predicted molar refractivity (Wildman–Crippen MR) is 109 cm³/mol. The molecule has 0 amide bonds. The second-order valence-corrected chi connectivity index (χ2v) is 8.69. The molecule has 7 rings (SSSR count). The Labute approximate surface area is 169 Å². The fraction of sp³-hybridized carbons (Fsp3) is 0.524. The highest BCUT2D eigenvalue weighted by molar-refractivity contribution is 5.62. The van der Waals surface area contributed by atoms with Crippen molar-refractivity contribution < 1.29 is 4.74 Å². The molecule has 4 heterocycles. The number of fused-ring (bicyclic) bond motifs is 1. The lowest BCUT2D eigenvalue weighted by Gasteiger charge is -2.61. The Bertz CT molecular complexity index is 1060. The highest BCUT2D eigenvalue weighted by atomic mass is 16.5. The highest BCUT2D eigenvalue weighted by Crippen LogP contribution is 2.66. The number of imidazole rings is 1. The van der Waals surface area contributed by atoms with Gasteiger partial charge >= 0.3 is 0 Å². The van der Waals surface area contributed by atoms with Gasteiger partial charge in [0.15, 0.2) is 5.65 Å². The van der Waals surface area contributed by atoms with Crippen LogP contribution in [0.2, 0.25) is 0 Å². The van der Waals surface area contributed by atoms with Crippen molar-refractivity contribution in [3.8, 4) is 17.1 Å². The number of piperidine rings is 1. The predicted octanol–water partition coefficient (Wildman–Crippen LogP) is 2.41. The zero-order valence-corrected chi connectivity index (χ0v) is 16.6. The summed E-state index contributed by atoms with van der Waals surface area (Å²) in [6.07, 6.45) is 9.61. The van der Waals surface area contributed by atoms with Crippen LogP contribution in [0.3, 0.4) is 0 Å². The summed E-state index contributed by atoms with van der Waals surface area (Å²) in [5.74, 6) is 2.38. The van der Waals surface area contributed by atoms with Gasteiger partial charge in [0.25, 0.3) is 0 Å². The molecular formula is C21H25N7O. The minimum atomic E-state index is 0.206. The normalized spacial score (nSPS) is 27.9. The molecule has 0 aromatic carbocycles. The first-order chi connectivity index (χ1) is 14.2. The molecule has 150 valence electrons. The molecule has 8 nitrogen and oxygen atoms in total. The molecule has 0 spiro atoms. The summed E-state index contributed by atoms with van der Waals surface area (Å²) < 4.78 is 7.57. The maximum atomic E-state index is 5.66. The number of rotatable bonds is 5. The fourth-order valence-electron chi connectivity index (χ4n) is 5.09. The minimum absolute atomic E-state index is 0.206. The SMILES string of the molecule is COc1cc2ncc(-c3ccnc(N[C@@H]4CCCNC4)n3)n2nc1C12CC(C1)C2. The molecule has 2 bridgehead atoms. The number of anilines is 1. The van der Waals surface area contributed by atoms with Crippen LogP contribution in [0.15, 0.2) is 24.5 Å². The maximum Gasteiger partial charge on any atom is 0.223 e. The first-order valence-electron chi connectivity index (χ1n) is 10.5. The number of nitrogens with one attached hydrogen (secondary N) is 2. The molecule has 2 N–H and O–H groups in total. The average Bonchev–Trinajstić information content (AvgIpc) is 3.09. The summed E-state index contributed by atoms with van der Waals surface area (Å²) >= 11 is 0. The Hall–Kier alpha value is -2.74. The van der Waals surface area contributed by atoms with Crippen molar-refractivity contribution >= 4 is 11.6 Å². The van der Waals surface area contributed by atoms with Crippen LogP contribution in [0.4, 0.5) is 5.95 Å². The molecule has 8 heteroatoms. The van der Waals surface area contributed by atoms with E-state index in [9.17, 15) is 0 Å². The van der Waals surface area contributed by atoms with Crippen molar-refractivity contribution in [3.05, 3.63) is 30.2 Å². The molecule has 3 aromatic heterocycles. The smallest absolute Gasteiger partial charge is 0.223 e. The van der Waals surface area contributed by atoms with Crippen molar-refractivity contribution in [2.24, 2.45) is 5.92 Å². The van der Waals surface area contributed by atoms with Gasteiger partial charge < -0.3 is 15.4 Å². The Morgan fingerprint density at radius 2 is 2.17 bits per heavy atom. The van der Waals surface area contributed by atoms with Gasteiger partial charge in [0, 0.05) is 30.3 Å². The molecule has 0 radical (unpaired) electrons. The summed E-state index contributed by atoms with van der Waals surface area (Å²) in [6, 6.07) is 4.28. The lowest BCUT2D eigenvalue weighted by atomic mass is 9.43. The van der Waals surface area contributed by atoms with E-state index in [1.165, 1.54) is 25.7 Å². The molecule has 4 aliphatic rings. The van der Waals surface area contributed by atoms with Crippen molar-refractivity contribution in [2.45, 2.75) is 43.6 Å². The molecule has 0 unspecified atom stereocenters. The average molecular weight is 391 g/mol. The van der Waals surface area contributed by atoms with Crippen molar-refractivity contribution in [3.63, 3.8) is 0 Å². The molecule has 3 saturated carbocycles. The Morgan fingerprint density at radius 3 is 2.90 bits per heavy atom. The number of nitrogens with zero attached hydrogens (tertiary/aromatic N) is 5. The molecular weight excluding hydrogens is 366 g/mol. The van der Waals surface area contributed by atoms with Gasteiger partial charge in [-0.25, -0.2) is 19.5 Å². The molecule has 29 heavy (non-hydrogen) atoms. The van der Waals surface area contributed by atoms with Gasteiger partial charge in [0.1, 0.15) is 17.1 Å². The first-order valence-corrected chi connectivity index (χ1v) is 10.5. The quantitative estimate of drug-likeness (QED) is 0.690. The lowest BCUT2D eigenvalue weighted by molar-refractivity contribution is -0.0333. The van der Waals surface area contributed by atoms with E-state index in [2.05, 4.69) is 20.6 Å².